The van der Waals surface area contributed by atoms with Crippen molar-refractivity contribution in [2.75, 3.05) is 67.1 Å². The predicted octanol–water partition coefficient (Wildman–Crippen LogP) is 4.34. The van der Waals surface area contributed by atoms with Crippen molar-refractivity contribution >= 4 is 11.7 Å². The molecule has 72 heavy (non-hydrogen) atoms. The molecule has 19 heteroatoms. The summed E-state index contributed by atoms with van der Waals surface area (Å²) in [4.78, 5) is 20.6. The van der Waals surface area contributed by atoms with Gasteiger partial charge in [0.15, 0.2) is 6.29 Å². The number of alkyl halides is 1. The Bertz CT molecular complexity index is 2000. The number of anilines is 1. The fourth-order valence-corrected chi connectivity index (χ4v) is 12.0. The van der Waals surface area contributed by atoms with E-state index in [0.717, 1.165) is 11.3 Å². The summed E-state index contributed by atoms with van der Waals surface area (Å²) in [6.07, 6.45) is -6.10. The van der Waals surface area contributed by atoms with E-state index >= 15 is 0 Å². The molecule has 3 saturated heterocycles. The van der Waals surface area contributed by atoms with Crippen LogP contribution in [0, 0.1) is 23.7 Å². The van der Waals surface area contributed by atoms with Crippen LogP contribution in [-0.2, 0) is 39.6 Å². The Kier molecular flexibility index (Phi) is 20.7. The largest absolute Gasteiger partial charge is 0.459 e. The first kappa shape index (κ1) is 60.0. The molecule has 4 heterocycles. The number of benzene rings is 1. The van der Waals surface area contributed by atoms with E-state index in [-0.39, 0.29) is 31.3 Å². The molecule has 3 fully saturated rings. The molecule has 2 aromatic rings. The van der Waals surface area contributed by atoms with Crippen LogP contribution >= 0.6 is 0 Å². The van der Waals surface area contributed by atoms with Crippen molar-refractivity contribution in [3.8, 4) is 0 Å². The zero-order valence-corrected chi connectivity index (χ0v) is 46.0. The maximum atomic E-state index is 14.8. The number of aromatic nitrogens is 3. The highest BCUT2D eigenvalue weighted by molar-refractivity contribution is 5.73. The highest BCUT2D eigenvalue weighted by atomic mass is 19.1. The number of cyclic esters (lactones) is 1. The highest BCUT2D eigenvalue weighted by Crippen LogP contribution is 2.45. The normalized spacial score (nSPS) is 40.0. The SMILES string of the molecule is CC[C@H]1OC(=O)[C@H](C)C([C@H]2C[C@@](C)(OC)[C@@H](O)[C@H](C)O2)[C@H](C)[C@@H](O[C@@H]2O[C@H](C)C[C@H](N(C)CCc3cn([C@H](CF)[C@H](OC)c4ccc(N(C)C)cc4)nn3)[C@H]2O)[C@](C)(O)C[C@@H](C)CN(C)[C@H](C)[C@@H](O)[C@]1(C)O. The lowest BCUT2D eigenvalue weighted by atomic mass is 9.68. The predicted molar refractivity (Wildman–Crippen MR) is 271 cm³/mol. The van der Waals surface area contributed by atoms with E-state index in [1.165, 1.54) is 18.7 Å². The summed E-state index contributed by atoms with van der Waals surface area (Å²) in [6.45, 7) is 18.0. The number of likely N-dealkylation sites (N-methyl/N-ethyl adjacent to an activating group) is 2. The third-order valence-electron chi connectivity index (χ3n) is 16.6. The molecular weight excluding hydrogens is 932 g/mol. The van der Waals surface area contributed by atoms with Gasteiger partial charge in [0.25, 0.3) is 0 Å². The van der Waals surface area contributed by atoms with Gasteiger partial charge < -0.3 is 68.7 Å². The van der Waals surface area contributed by atoms with E-state index in [9.17, 15) is 34.7 Å². The van der Waals surface area contributed by atoms with Crippen LogP contribution < -0.4 is 4.90 Å². The lowest BCUT2D eigenvalue weighted by Crippen LogP contribution is -2.62. The van der Waals surface area contributed by atoms with Gasteiger partial charge in [-0.1, -0.05) is 45.0 Å². The van der Waals surface area contributed by atoms with Crippen LogP contribution in [0.1, 0.15) is 118 Å². The zero-order valence-electron chi connectivity index (χ0n) is 46.0. The maximum Gasteiger partial charge on any atom is 0.309 e. The van der Waals surface area contributed by atoms with Crippen LogP contribution in [0.2, 0.25) is 0 Å². The second kappa shape index (κ2) is 24.8. The molecule has 3 aliphatic heterocycles. The van der Waals surface area contributed by atoms with E-state index in [1.54, 1.807) is 54.8 Å². The first-order valence-corrected chi connectivity index (χ1v) is 26.0. The molecule has 0 spiro atoms. The average molecular weight is 1020 g/mol. The average Bonchev–Trinajstić information content (AvgIpc) is 3.80. The summed E-state index contributed by atoms with van der Waals surface area (Å²) in [6, 6.07) is 5.97. The Labute approximate surface area is 428 Å². The summed E-state index contributed by atoms with van der Waals surface area (Å²) in [5.41, 5.74) is -2.06. The van der Waals surface area contributed by atoms with Crippen LogP contribution in [0.4, 0.5) is 10.1 Å². The highest BCUT2D eigenvalue weighted by Gasteiger charge is 2.55. The Morgan fingerprint density at radius 1 is 0.958 bits per heavy atom. The molecule has 1 unspecified atom stereocenters. The minimum atomic E-state index is -1.83. The van der Waals surface area contributed by atoms with Gasteiger partial charge in [-0.25, -0.2) is 9.07 Å². The fraction of sp³-hybridized carbons (Fsp3) is 0.830. The number of nitrogens with zero attached hydrogens (tertiary/aromatic N) is 6. The Hall–Kier alpha value is -2.92. The van der Waals surface area contributed by atoms with Gasteiger partial charge in [0.1, 0.15) is 48.8 Å². The number of aliphatic hydroxyl groups excluding tert-OH is 3. The van der Waals surface area contributed by atoms with Gasteiger partial charge in [-0.15, -0.1) is 5.10 Å². The summed E-state index contributed by atoms with van der Waals surface area (Å²) >= 11 is 0. The molecule has 5 N–H and O–H groups in total. The van der Waals surface area contributed by atoms with Crippen molar-refractivity contribution in [3.63, 3.8) is 0 Å². The van der Waals surface area contributed by atoms with Gasteiger partial charge in [0.05, 0.1) is 47.2 Å². The van der Waals surface area contributed by atoms with Crippen molar-refractivity contribution in [3.05, 3.63) is 41.7 Å². The fourth-order valence-electron chi connectivity index (χ4n) is 12.0. The van der Waals surface area contributed by atoms with Gasteiger partial charge in [-0.05, 0) is 104 Å². The van der Waals surface area contributed by atoms with Crippen molar-refractivity contribution in [1.29, 1.82) is 0 Å². The van der Waals surface area contributed by atoms with Crippen molar-refractivity contribution in [1.82, 2.24) is 24.8 Å². The van der Waals surface area contributed by atoms with Crippen LogP contribution in [0.3, 0.4) is 0 Å². The number of carbonyl (C=O) groups is 1. The van der Waals surface area contributed by atoms with Gasteiger partial charge in [0.2, 0.25) is 0 Å². The molecule has 5 rings (SSSR count). The first-order chi connectivity index (χ1) is 33.6. The smallest absolute Gasteiger partial charge is 0.309 e. The zero-order chi connectivity index (χ0) is 53.8. The summed E-state index contributed by atoms with van der Waals surface area (Å²) < 4.78 is 54.3. The first-order valence-electron chi connectivity index (χ1n) is 26.0. The van der Waals surface area contributed by atoms with E-state index in [1.807, 2.05) is 87.9 Å². The number of hydrogen-bond donors (Lipinski definition) is 5. The van der Waals surface area contributed by atoms with E-state index in [0.29, 0.717) is 31.6 Å². The quantitative estimate of drug-likeness (QED) is 0.157. The molecule has 3 aliphatic rings. The third kappa shape index (κ3) is 13.4. The van der Waals surface area contributed by atoms with E-state index in [4.69, 9.17) is 28.4 Å². The van der Waals surface area contributed by atoms with E-state index in [2.05, 4.69) is 10.3 Å². The molecule has 0 aliphatic carbocycles. The lowest BCUT2D eigenvalue weighted by molar-refractivity contribution is -0.302. The van der Waals surface area contributed by atoms with Crippen molar-refractivity contribution in [2.24, 2.45) is 23.7 Å². The molecular formula is C53H91FN6O12. The summed E-state index contributed by atoms with van der Waals surface area (Å²) in [5.74, 6) is -3.23. The van der Waals surface area contributed by atoms with Crippen LogP contribution in [-0.4, -0.2) is 202 Å². The number of esters is 1. The maximum absolute atomic E-state index is 14.8. The molecule has 1 aromatic carbocycles. The minimum absolute atomic E-state index is 0.176. The standard InChI is InChI=1S/C53H91FN6O12/c1-17-42-53(10,66)46(62)34(6)59(14)28-30(2)25-51(8,65)48(32(4)43(33(5)49(64)71-42)41-26-52(9,68-16)47(63)35(7)70-41)72-50-44(61)39(24-31(3)69-50)58(13)23-22-37-29-60(56-55-37)40(27-54)45(67-15)36-18-20-38(21-19-36)57(11)12/h18-21,29-35,39-48,50,61-63,65-66H,17,22-28H2,1-16H3/t30-,31-,32+,33-,34-,35+,39+,40-,41-,42-,43?,44-,45-,46-,47+,48-,50+,51-,52-,53-/m1/s1. The summed E-state index contributed by atoms with van der Waals surface area (Å²) in [7, 11) is 10.7. The third-order valence-corrected chi connectivity index (χ3v) is 16.6. The van der Waals surface area contributed by atoms with Crippen molar-refractivity contribution in [2.45, 2.75) is 197 Å². The number of methoxy groups -OCH3 is 2. The number of hydrogen-bond acceptors (Lipinski definition) is 17. The van der Waals surface area contributed by atoms with Gasteiger partial charge >= 0.3 is 5.97 Å². The molecule has 412 valence electrons. The second-order valence-corrected chi connectivity index (χ2v) is 22.6. The molecule has 0 amide bonds. The second-order valence-electron chi connectivity index (χ2n) is 22.6. The number of ether oxygens (including phenoxy) is 6. The molecule has 0 radical (unpaired) electrons. The van der Waals surface area contributed by atoms with Gasteiger partial charge in [0, 0.05) is 84.1 Å². The van der Waals surface area contributed by atoms with Crippen LogP contribution in [0.15, 0.2) is 30.5 Å². The molecule has 0 saturated carbocycles. The monoisotopic (exact) mass is 1020 g/mol. The Morgan fingerprint density at radius 2 is 1.61 bits per heavy atom. The number of halogens is 1. The minimum Gasteiger partial charge on any atom is -0.459 e. The Morgan fingerprint density at radius 3 is 2.19 bits per heavy atom. The Balaban J connectivity index is 1.46. The summed E-state index contributed by atoms with van der Waals surface area (Å²) in [5, 5.41) is 68.9. The van der Waals surface area contributed by atoms with Gasteiger partial charge in [-0.3, -0.25) is 4.79 Å². The molecule has 18 nitrogen and oxygen atoms in total. The van der Waals surface area contributed by atoms with Gasteiger partial charge in [-0.2, -0.15) is 0 Å². The van der Waals surface area contributed by atoms with E-state index < -0.39 is 120 Å². The number of aliphatic hydroxyl groups is 5. The van der Waals surface area contributed by atoms with Crippen LogP contribution in [0.5, 0.6) is 0 Å². The number of rotatable bonds is 15. The number of carbonyl (C=O) groups excluding carboxylic acids is 1. The molecule has 0 bridgehead atoms. The van der Waals surface area contributed by atoms with Crippen molar-refractivity contribution < 1.29 is 63.1 Å². The molecule has 1 aromatic heterocycles. The molecule has 20 atom stereocenters. The van der Waals surface area contributed by atoms with Crippen LogP contribution in [0.25, 0.3) is 0 Å². The topological polar surface area (TPSA) is 214 Å². The lowest BCUT2D eigenvalue weighted by Gasteiger charge is -2.51.